The zero-order valence-electron chi connectivity index (χ0n) is 11.9. The Morgan fingerprint density at radius 1 is 1.43 bits per heavy atom. The van der Waals surface area contributed by atoms with Crippen LogP contribution in [0.2, 0.25) is 0 Å². The Kier molecular flexibility index (Phi) is 8.12. The highest BCUT2D eigenvalue weighted by atomic mass is 127. The monoisotopic (exact) mass is 427 g/mol. The van der Waals surface area contributed by atoms with E-state index >= 15 is 0 Å². The van der Waals surface area contributed by atoms with Crippen molar-refractivity contribution in [2.45, 2.75) is 32.2 Å². The molecule has 0 aliphatic carbocycles. The number of amides is 1. The van der Waals surface area contributed by atoms with Gasteiger partial charge in [-0.15, -0.1) is 12.4 Å². The molecule has 0 aliphatic rings. The molecule has 0 radical (unpaired) electrons. The van der Waals surface area contributed by atoms with Crippen molar-refractivity contribution in [1.82, 2.24) is 5.32 Å². The molecule has 0 saturated carbocycles. The first-order valence-corrected chi connectivity index (χ1v) is 7.43. The summed E-state index contributed by atoms with van der Waals surface area (Å²) in [6.45, 7) is 4.30. The highest BCUT2D eigenvalue weighted by Gasteiger charge is 2.27. The Morgan fingerprint density at radius 2 is 2.00 bits per heavy atom. The van der Waals surface area contributed by atoms with Crippen molar-refractivity contribution < 1.29 is 9.72 Å². The van der Waals surface area contributed by atoms with Gasteiger partial charge in [0, 0.05) is 22.2 Å². The van der Waals surface area contributed by atoms with E-state index in [1.807, 2.05) is 36.4 Å². The van der Waals surface area contributed by atoms with Gasteiger partial charge in [-0.2, -0.15) is 0 Å². The molecule has 0 heterocycles. The predicted molar refractivity (Wildman–Crippen MR) is 92.9 cm³/mol. The Bertz CT molecular complexity index is 513. The normalized spacial score (nSPS) is 10.7. The van der Waals surface area contributed by atoms with Gasteiger partial charge in [-0.3, -0.25) is 14.9 Å². The SMILES string of the molecule is CCC(CC)(CN)NC(=O)c1ccc([N+](=O)[O-])cc1I.Cl. The molecular weight excluding hydrogens is 409 g/mol. The summed E-state index contributed by atoms with van der Waals surface area (Å²) in [5, 5.41) is 13.6. The molecular formula is C13H19ClIN3O3. The van der Waals surface area contributed by atoms with Crippen LogP contribution < -0.4 is 11.1 Å². The molecule has 1 aromatic rings. The number of nitrogens with one attached hydrogen (secondary N) is 1. The Labute approximate surface area is 143 Å². The van der Waals surface area contributed by atoms with Gasteiger partial charge in [0.25, 0.3) is 11.6 Å². The molecule has 21 heavy (non-hydrogen) atoms. The van der Waals surface area contributed by atoms with Crippen LogP contribution in [-0.2, 0) is 0 Å². The highest BCUT2D eigenvalue weighted by Crippen LogP contribution is 2.21. The number of carbonyl (C=O) groups excluding carboxylic acids is 1. The smallest absolute Gasteiger partial charge is 0.270 e. The van der Waals surface area contributed by atoms with E-state index in [0.29, 0.717) is 15.7 Å². The molecule has 8 heteroatoms. The second-order valence-corrected chi connectivity index (χ2v) is 5.73. The highest BCUT2D eigenvalue weighted by molar-refractivity contribution is 14.1. The fraction of sp³-hybridized carbons (Fsp3) is 0.462. The van der Waals surface area contributed by atoms with Gasteiger partial charge in [-0.25, -0.2) is 0 Å². The summed E-state index contributed by atoms with van der Waals surface area (Å²) in [5.41, 5.74) is 5.72. The average molecular weight is 428 g/mol. The summed E-state index contributed by atoms with van der Waals surface area (Å²) in [4.78, 5) is 22.5. The van der Waals surface area contributed by atoms with Crippen molar-refractivity contribution in [3.63, 3.8) is 0 Å². The number of benzene rings is 1. The zero-order valence-corrected chi connectivity index (χ0v) is 14.9. The maximum atomic E-state index is 12.3. The number of non-ortho nitro benzene ring substituents is 1. The van der Waals surface area contributed by atoms with E-state index in [1.54, 1.807) is 0 Å². The molecule has 0 spiro atoms. The van der Waals surface area contributed by atoms with Gasteiger partial charge in [-0.1, -0.05) is 13.8 Å². The van der Waals surface area contributed by atoms with Crippen molar-refractivity contribution >= 4 is 46.6 Å². The molecule has 0 saturated heterocycles. The minimum atomic E-state index is -0.480. The Hall–Kier alpha value is -0.930. The standard InChI is InChI=1S/C13H18IN3O3.ClH/c1-3-13(4-2,8-15)16-12(18)10-6-5-9(17(19)20)7-11(10)14;/h5-7H,3-4,8,15H2,1-2H3,(H,16,18);1H. The lowest BCUT2D eigenvalue weighted by Crippen LogP contribution is -2.53. The van der Waals surface area contributed by atoms with Crippen LogP contribution in [0, 0.1) is 13.7 Å². The Morgan fingerprint density at radius 3 is 2.38 bits per heavy atom. The van der Waals surface area contributed by atoms with Crippen LogP contribution in [-0.4, -0.2) is 22.9 Å². The van der Waals surface area contributed by atoms with Gasteiger partial charge < -0.3 is 11.1 Å². The first-order chi connectivity index (χ1) is 9.39. The van der Waals surface area contributed by atoms with Crippen molar-refractivity contribution in [3.8, 4) is 0 Å². The number of hydrogen-bond donors (Lipinski definition) is 2. The molecule has 1 amide bonds. The molecule has 6 nitrogen and oxygen atoms in total. The minimum absolute atomic E-state index is 0. The lowest BCUT2D eigenvalue weighted by atomic mass is 9.92. The number of rotatable bonds is 6. The molecule has 118 valence electrons. The van der Waals surface area contributed by atoms with Gasteiger partial charge in [0.2, 0.25) is 0 Å². The van der Waals surface area contributed by atoms with Crippen molar-refractivity contribution in [2.24, 2.45) is 5.73 Å². The lowest BCUT2D eigenvalue weighted by molar-refractivity contribution is -0.384. The van der Waals surface area contributed by atoms with Crippen LogP contribution in [0.1, 0.15) is 37.0 Å². The predicted octanol–water partition coefficient (Wildman–Crippen LogP) is 2.87. The van der Waals surface area contributed by atoms with E-state index in [4.69, 9.17) is 5.73 Å². The molecule has 1 aromatic carbocycles. The maximum absolute atomic E-state index is 12.3. The molecule has 0 aliphatic heterocycles. The lowest BCUT2D eigenvalue weighted by Gasteiger charge is -2.31. The summed E-state index contributed by atoms with van der Waals surface area (Å²) in [6, 6.07) is 4.19. The minimum Gasteiger partial charge on any atom is -0.345 e. The van der Waals surface area contributed by atoms with E-state index in [1.165, 1.54) is 18.2 Å². The topological polar surface area (TPSA) is 98.3 Å². The van der Waals surface area contributed by atoms with Crippen molar-refractivity contribution in [1.29, 1.82) is 0 Å². The largest absolute Gasteiger partial charge is 0.345 e. The number of nitro groups is 1. The van der Waals surface area contributed by atoms with Crippen molar-refractivity contribution in [2.75, 3.05) is 6.54 Å². The van der Waals surface area contributed by atoms with E-state index < -0.39 is 10.5 Å². The van der Waals surface area contributed by atoms with Gasteiger partial charge in [0.15, 0.2) is 0 Å². The average Bonchev–Trinajstić information content (AvgIpc) is 2.44. The number of nitrogens with two attached hydrogens (primary N) is 1. The number of nitro benzene ring substituents is 1. The summed E-state index contributed by atoms with van der Waals surface area (Å²) in [6.07, 6.45) is 1.46. The van der Waals surface area contributed by atoms with Crippen LogP contribution in [0.4, 0.5) is 5.69 Å². The fourth-order valence-electron chi connectivity index (χ4n) is 1.88. The number of nitrogens with zero attached hydrogens (tertiary/aromatic N) is 1. The number of hydrogen-bond acceptors (Lipinski definition) is 4. The summed E-state index contributed by atoms with van der Waals surface area (Å²) in [7, 11) is 0. The molecule has 0 atom stereocenters. The molecule has 0 unspecified atom stereocenters. The zero-order chi connectivity index (χ0) is 15.3. The summed E-state index contributed by atoms with van der Waals surface area (Å²) in [5.74, 6) is -0.251. The molecule has 0 bridgehead atoms. The third-order valence-electron chi connectivity index (χ3n) is 3.53. The van der Waals surface area contributed by atoms with Crippen LogP contribution >= 0.6 is 35.0 Å². The number of halogens is 2. The summed E-state index contributed by atoms with van der Waals surface area (Å²) < 4.78 is 0.549. The first kappa shape index (κ1) is 20.1. The third-order valence-corrected chi connectivity index (χ3v) is 4.42. The molecule has 0 fully saturated rings. The van der Waals surface area contributed by atoms with E-state index in [2.05, 4.69) is 5.32 Å². The van der Waals surface area contributed by atoms with Crippen LogP contribution in [0.5, 0.6) is 0 Å². The van der Waals surface area contributed by atoms with Crippen LogP contribution in [0.3, 0.4) is 0 Å². The third kappa shape index (κ3) is 4.79. The molecule has 1 rings (SSSR count). The van der Waals surface area contributed by atoms with Crippen molar-refractivity contribution in [3.05, 3.63) is 37.4 Å². The fourth-order valence-corrected chi connectivity index (χ4v) is 2.62. The van der Waals surface area contributed by atoms with Gasteiger partial charge >= 0.3 is 0 Å². The van der Waals surface area contributed by atoms with Gasteiger partial charge in [-0.05, 0) is 41.5 Å². The second-order valence-electron chi connectivity index (χ2n) is 4.57. The molecule has 0 aromatic heterocycles. The van der Waals surface area contributed by atoms with E-state index in [0.717, 1.165) is 12.8 Å². The Balaban J connectivity index is 0.00000400. The van der Waals surface area contributed by atoms with Gasteiger partial charge in [0.1, 0.15) is 0 Å². The second kappa shape index (κ2) is 8.50. The molecule has 3 N–H and O–H groups in total. The van der Waals surface area contributed by atoms with Crippen LogP contribution in [0.15, 0.2) is 18.2 Å². The maximum Gasteiger partial charge on any atom is 0.270 e. The van der Waals surface area contributed by atoms with Gasteiger partial charge in [0.05, 0.1) is 16.0 Å². The number of carbonyl (C=O) groups is 1. The summed E-state index contributed by atoms with van der Waals surface area (Å²) >= 11 is 1.93. The van der Waals surface area contributed by atoms with Crippen LogP contribution in [0.25, 0.3) is 0 Å². The van der Waals surface area contributed by atoms with E-state index in [9.17, 15) is 14.9 Å². The quantitative estimate of drug-likeness (QED) is 0.414. The van der Waals surface area contributed by atoms with E-state index in [-0.39, 0.29) is 24.0 Å². The first-order valence-electron chi connectivity index (χ1n) is 6.35.